The smallest absolute Gasteiger partial charge is 0.326 e. The molecule has 2 aromatic heterocycles. The van der Waals surface area contributed by atoms with E-state index in [4.69, 9.17) is 13.5 Å². The number of pyridine rings is 1. The maximum atomic E-state index is 13.9. The van der Waals surface area contributed by atoms with Crippen molar-refractivity contribution < 1.29 is 40.6 Å². The Hall–Kier alpha value is -4.08. The fourth-order valence-corrected chi connectivity index (χ4v) is 5.19. The van der Waals surface area contributed by atoms with Crippen LogP contribution < -0.4 is 20.7 Å². The Labute approximate surface area is 243 Å². The van der Waals surface area contributed by atoms with E-state index in [1.165, 1.54) is 26.1 Å². The molecular weight excluding hydrogens is 571 g/mol. The Bertz CT molecular complexity index is 1500. The number of likely N-dealkylation sites (tertiary alicyclic amines) is 1. The van der Waals surface area contributed by atoms with Gasteiger partial charge in [-0.3, -0.25) is 10.1 Å². The van der Waals surface area contributed by atoms with E-state index in [1.54, 1.807) is 36.4 Å². The molecule has 1 aromatic carbocycles. The second-order valence-electron chi connectivity index (χ2n) is 10.5. The molecular formula is C27H34FN6O7S+. The van der Waals surface area contributed by atoms with Crippen LogP contribution in [0.1, 0.15) is 49.8 Å². The zero-order chi connectivity index (χ0) is 30.5. The minimum atomic E-state index is -3.58. The van der Waals surface area contributed by atoms with Gasteiger partial charge in [-0.1, -0.05) is 9.44 Å². The van der Waals surface area contributed by atoms with Gasteiger partial charge in [0.05, 0.1) is 12.5 Å². The Kier molecular flexibility index (Phi) is 9.13. The number of anilines is 3. The number of hydroxylamine groups is 3. The predicted octanol–water partition coefficient (Wildman–Crippen LogP) is 4.44. The third-order valence-corrected chi connectivity index (χ3v) is 7.20. The first-order valence-electron chi connectivity index (χ1n) is 13.3. The zero-order valence-corrected chi connectivity index (χ0v) is 24.5. The fraction of sp³-hybridized carbons (Fsp3) is 0.407. The molecule has 0 bridgehead atoms. The number of urea groups is 1. The molecule has 0 saturated carbocycles. The molecule has 226 valence electrons. The van der Waals surface area contributed by atoms with Gasteiger partial charge >= 0.3 is 16.1 Å². The van der Waals surface area contributed by atoms with Crippen LogP contribution in [0.3, 0.4) is 0 Å². The van der Waals surface area contributed by atoms with Crippen molar-refractivity contribution in [3.8, 4) is 5.75 Å². The second kappa shape index (κ2) is 12.4. The molecule has 0 radical (unpaired) electrons. The van der Waals surface area contributed by atoms with E-state index in [1.807, 2.05) is 6.92 Å². The number of rotatable bonds is 10. The highest BCUT2D eigenvalue weighted by Crippen LogP contribution is 2.27. The monoisotopic (exact) mass is 605 g/mol. The lowest BCUT2D eigenvalue weighted by Gasteiger charge is -2.38. The van der Waals surface area contributed by atoms with Crippen LogP contribution >= 0.6 is 0 Å². The molecule has 42 heavy (non-hydrogen) atoms. The first-order chi connectivity index (χ1) is 19.7. The van der Waals surface area contributed by atoms with Crippen LogP contribution in [0.15, 0.2) is 53.2 Å². The first kappa shape index (κ1) is 30.9. The van der Waals surface area contributed by atoms with Gasteiger partial charge in [0.1, 0.15) is 42.9 Å². The summed E-state index contributed by atoms with van der Waals surface area (Å²) in [5.74, 6) is 0.0648. The minimum absolute atomic E-state index is 0.00302. The van der Waals surface area contributed by atoms with Crippen LogP contribution in [0.5, 0.6) is 5.75 Å². The number of ether oxygens (including phenoxy) is 1. The number of aromatic nitrogens is 2. The Morgan fingerprint density at radius 1 is 1.07 bits per heavy atom. The van der Waals surface area contributed by atoms with E-state index < -0.39 is 27.7 Å². The molecule has 0 spiro atoms. The van der Waals surface area contributed by atoms with Gasteiger partial charge in [0, 0.05) is 30.3 Å². The zero-order valence-electron chi connectivity index (χ0n) is 23.7. The highest BCUT2D eigenvalue weighted by atomic mass is 32.2. The topological polar surface area (TPSA) is 162 Å². The van der Waals surface area contributed by atoms with E-state index in [9.17, 15) is 22.4 Å². The summed E-state index contributed by atoms with van der Waals surface area (Å²) in [5.41, 5.74) is -0.548. The quantitative estimate of drug-likeness (QED) is 0.284. The van der Waals surface area contributed by atoms with Crippen molar-refractivity contribution in [1.82, 2.24) is 10.1 Å². The summed E-state index contributed by atoms with van der Waals surface area (Å²) in [5, 5.41) is 11.4. The molecule has 3 aromatic rings. The van der Waals surface area contributed by atoms with Crippen molar-refractivity contribution in [2.75, 3.05) is 41.8 Å². The summed E-state index contributed by atoms with van der Waals surface area (Å²) in [6.45, 7) is 6.08. The van der Waals surface area contributed by atoms with Gasteiger partial charge in [-0.2, -0.15) is 13.1 Å². The molecule has 15 heteroatoms. The van der Waals surface area contributed by atoms with Gasteiger partial charge in [-0.15, -0.1) is 0 Å². The number of nitrogens with zero attached hydrogens (tertiary/aromatic N) is 3. The summed E-state index contributed by atoms with van der Waals surface area (Å²) < 4.78 is 53.5. The van der Waals surface area contributed by atoms with Crippen LogP contribution in [-0.4, -0.2) is 67.1 Å². The molecule has 0 unspecified atom stereocenters. The number of hydrogen-bond donors (Lipinski definition) is 3. The van der Waals surface area contributed by atoms with Gasteiger partial charge in [0.25, 0.3) is 5.91 Å². The highest BCUT2D eigenvalue weighted by Gasteiger charge is 2.38. The Morgan fingerprint density at radius 2 is 1.71 bits per heavy atom. The summed E-state index contributed by atoms with van der Waals surface area (Å²) in [4.78, 5) is 29.1. The van der Waals surface area contributed by atoms with Crippen molar-refractivity contribution in [3.05, 3.63) is 60.0 Å². The van der Waals surface area contributed by atoms with Gasteiger partial charge in [-0.25, -0.2) is 14.2 Å². The number of alkyl halides is 1. The molecule has 3 amide bonds. The van der Waals surface area contributed by atoms with Gasteiger partial charge < -0.3 is 19.9 Å². The van der Waals surface area contributed by atoms with E-state index in [0.717, 1.165) is 6.26 Å². The average Bonchev–Trinajstić information content (AvgIpc) is 3.40. The predicted molar refractivity (Wildman–Crippen MR) is 152 cm³/mol. The Balaban J connectivity index is 1.25. The van der Waals surface area contributed by atoms with Crippen LogP contribution in [0.25, 0.3) is 0 Å². The SMILES string of the molecule is CC[N+]1(OS(C)(=O)=O)CCC(Oc2ccc(C(=O)Nc3ccc(NC(=O)Nc4cc(C(C)(C)F)no4)cc3)nc2)CC1. The molecule has 4 rings (SSSR count). The van der Waals surface area contributed by atoms with Gasteiger partial charge in [-0.05, 0) is 57.2 Å². The number of benzene rings is 1. The van der Waals surface area contributed by atoms with Crippen molar-refractivity contribution in [2.45, 2.75) is 45.4 Å². The lowest BCUT2D eigenvalue weighted by atomic mass is 10.1. The summed E-state index contributed by atoms with van der Waals surface area (Å²) in [6.07, 6.45) is 3.61. The minimum Gasteiger partial charge on any atom is -0.488 e. The summed E-state index contributed by atoms with van der Waals surface area (Å²) in [6, 6.07) is 10.3. The number of hydrogen-bond acceptors (Lipinski definition) is 9. The summed E-state index contributed by atoms with van der Waals surface area (Å²) >= 11 is 0. The third kappa shape index (κ3) is 8.47. The Morgan fingerprint density at radius 3 is 2.24 bits per heavy atom. The number of quaternary nitrogens is 1. The maximum Gasteiger partial charge on any atom is 0.326 e. The van der Waals surface area contributed by atoms with Crippen LogP contribution in [0.2, 0.25) is 0 Å². The van der Waals surface area contributed by atoms with Crippen molar-refractivity contribution in [3.63, 3.8) is 0 Å². The summed E-state index contributed by atoms with van der Waals surface area (Å²) in [7, 11) is -3.58. The molecule has 0 aliphatic carbocycles. The number of carbonyl (C=O) groups is 2. The van der Waals surface area contributed by atoms with Crippen LogP contribution in [0, 0.1) is 0 Å². The number of nitrogens with one attached hydrogen (secondary N) is 3. The first-order valence-corrected chi connectivity index (χ1v) is 15.1. The van der Waals surface area contributed by atoms with Crippen molar-refractivity contribution >= 4 is 39.3 Å². The van der Waals surface area contributed by atoms with Gasteiger partial charge in [0.15, 0.2) is 5.67 Å². The normalized spacial score (nSPS) is 19.1. The molecule has 3 N–H and O–H groups in total. The van der Waals surface area contributed by atoms with Crippen molar-refractivity contribution in [1.29, 1.82) is 0 Å². The van der Waals surface area contributed by atoms with Crippen molar-refractivity contribution in [2.24, 2.45) is 0 Å². The molecule has 1 fully saturated rings. The number of carbonyl (C=O) groups excluding carboxylic acids is 2. The van der Waals surface area contributed by atoms with Gasteiger partial charge in [0.2, 0.25) is 5.88 Å². The molecule has 13 nitrogen and oxygen atoms in total. The lowest BCUT2D eigenvalue weighted by Crippen LogP contribution is -2.55. The van der Waals surface area contributed by atoms with E-state index in [-0.39, 0.29) is 28.0 Å². The molecule has 1 aliphatic rings. The molecule has 1 saturated heterocycles. The molecule has 0 atom stereocenters. The lowest BCUT2D eigenvalue weighted by molar-refractivity contribution is -1.08. The molecule has 3 heterocycles. The van der Waals surface area contributed by atoms with Crippen LogP contribution in [-0.2, 0) is 20.1 Å². The fourth-order valence-electron chi connectivity index (χ4n) is 4.36. The maximum absolute atomic E-state index is 13.9. The van der Waals surface area contributed by atoms with E-state index in [0.29, 0.717) is 49.6 Å². The standard InChI is InChI=1S/C27H33FN6O7S/c1-5-34(41-42(4,37)38)14-12-20(13-15-34)39-21-10-11-22(29-17-21)25(35)30-18-6-8-19(9-7-18)31-26(36)32-24-16-23(33-40-24)27(2,3)28/h6-11,16-17,20H,5,12-15H2,1-4H3,(H2-,29,30,31,32,33,35,36)/p+1. The highest BCUT2D eigenvalue weighted by molar-refractivity contribution is 7.85. The number of halogens is 1. The average molecular weight is 606 g/mol. The third-order valence-electron chi connectivity index (χ3n) is 6.62. The second-order valence-corrected chi connectivity index (χ2v) is 12.0. The number of piperidine rings is 1. The molecule has 1 aliphatic heterocycles. The van der Waals surface area contributed by atoms with Crippen LogP contribution in [0.4, 0.5) is 26.4 Å². The largest absolute Gasteiger partial charge is 0.488 e. The van der Waals surface area contributed by atoms with E-state index >= 15 is 0 Å². The van der Waals surface area contributed by atoms with E-state index in [2.05, 4.69) is 26.1 Å². The number of amides is 3.